The molecule has 1 aromatic rings. The lowest BCUT2D eigenvalue weighted by atomic mass is 10.00. The fraction of sp³-hybridized carbons (Fsp3) is 0.333. The first kappa shape index (κ1) is 12.7. The lowest BCUT2D eigenvalue weighted by Gasteiger charge is -2.10. The molecule has 16 heavy (non-hydrogen) atoms. The van der Waals surface area contributed by atoms with Gasteiger partial charge < -0.3 is 4.74 Å². The number of esters is 1. The molecule has 0 bridgehead atoms. The molecule has 1 aromatic carbocycles. The summed E-state index contributed by atoms with van der Waals surface area (Å²) in [5, 5.41) is 9.36. The highest BCUT2D eigenvalue weighted by molar-refractivity contribution is 9.08. The predicted molar refractivity (Wildman–Crippen MR) is 64.5 cm³/mol. The first-order valence-electron chi connectivity index (χ1n) is 4.90. The van der Waals surface area contributed by atoms with Crippen LogP contribution in [-0.4, -0.2) is 12.6 Å². The van der Waals surface area contributed by atoms with Gasteiger partial charge in [0.05, 0.1) is 23.8 Å². The van der Waals surface area contributed by atoms with Crippen molar-refractivity contribution in [2.24, 2.45) is 0 Å². The van der Waals surface area contributed by atoms with Crippen LogP contribution in [-0.2, 0) is 10.1 Å². The summed E-state index contributed by atoms with van der Waals surface area (Å²) in [6.45, 7) is 3.92. The molecule has 0 saturated carbocycles. The second kappa shape index (κ2) is 5.66. The molecule has 0 aliphatic heterocycles. The zero-order chi connectivity index (χ0) is 12.1. The third-order valence-electron chi connectivity index (χ3n) is 2.17. The lowest BCUT2D eigenvalue weighted by Crippen LogP contribution is -2.10. The second-order valence-electron chi connectivity index (χ2n) is 3.29. The van der Waals surface area contributed by atoms with Crippen molar-refractivity contribution >= 4 is 21.9 Å². The molecule has 0 heterocycles. The molecular weight excluding hydrogens is 270 g/mol. The molecule has 3 nitrogen and oxygen atoms in total. The van der Waals surface area contributed by atoms with E-state index in [1.54, 1.807) is 26.0 Å². The number of carbonyl (C=O) groups excluding carboxylic acids is 1. The van der Waals surface area contributed by atoms with E-state index in [0.29, 0.717) is 23.1 Å². The van der Waals surface area contributed by atoms with Gasteiger partial charge in [0.1, 0.15) is 0 Å². The van der Waals surface area contributed by atoms with Gasteiger partial charge in [-0.3, -0.25) is 0 Å². The number of nitrogens with zero attached hydrogens (tertiary/aromatic N) is 1. The van der Waals surface area contributed by atoms with E-state index >= 15 is 0 Å². The van der Waals surface area contributed by atoms with Crippen LogP contribution in [0.4, 0.5) is 0 Å². The largest absolute Gasteiger partial charge is 0.462 e. The summed E-state index contributed by atoms with van der Waals surface area (Å²) in [4.78, 5) is 11.7. The molecule has 0 N–H and O–H groups in total. The topological polar surface area (TPSA) is 50.1 Å². The molecule has 0 aliphatic rings. The van der Waals surface area contributed by atoms with Gasteiger partial charge >= 0.3 is 5.97 Å². The van der Waals surface area contributed by atoms with Crippen LogP contribution in [0.3, 0.4) is 0 Å². The molecule has 1 rings (SSSR count). The number of benzene rings is 1. The van der Waals surface area contributed by atoms with Gasteiger partial charge in [0, 0.05) is 5.33 Å². The van der Waals surface area contributed by atoms with Gasteiger partial charge in [-0.1, -0.05) is 15.9 Å². The van der Waals surface area contributed by atoms with Crippen molar-refractivity contribution in [1.82, 2.24) is 0 Å². The molecule has 0 radical (unpaired) electrons. The minimum atomic E-state index is -0.334. The molecule has 0 saturated heterocycles. The lowest BCUT2D eigenvalue weighted by molar-refractivity contribution is 0.0524. The maximum atomic E-state index is 11.7. The molecule has 0 fully saturated rings. The molecule has 4 heteroatoms. The van der Waals surface area contributed by atoms with E-state index in [0.717, 1.165) is 11.1 Å². The van der Waals surface area contributed by atoms with E-state index in [2.05, 4.69) is 22.0 Å². The predicted octanol–water partition coefficient (Wildman–Crippen LogP) is 2.94. The Morgan fingerprint density at radius 1 is 1.56 bits per heavy atom. The van der Waals surface area contributed by atoms with E-state index in [4.69, 9.17) is 10.00 Å². The van der Waals surface area contributed by atoms with Gasteiger partial charge in [0.15, 0.2) is 0 Å². The highest BCUT2D eigenvalue weighted by Crippen LogP contribution is 2.20. The normalized spacial score (nSPS) is 9.62. The van der Waals surface area contributed by atoms with Gasteiger partial charge in [0.25, 0.3) is 0 Å². The maximum absolute atomic E-state index is 11.7. The van der Waals surface area contributed by atoms with Crippen molar-refractivity contribution in [3.63, 3.8) is 0 Å². The number of rotatable bonds is 3. The fourth-order valence-corrected chi connectivity index (χ4v) is 1.97. The number of nitriles is 1. The van der Waals surface area contributed by atoms with Crippen LogP contribution in [0.1, 0.15) is 34.0 Å². The zero-order valence-corrected chi connectivity index (χ0v) is 10.8. The Hall–Kier alpha value is -1.34. The molecule has 0 aliphatic carbocycles. The highest BCUT2D eigenvalue weighted by Gasteiger charge is 2.15. The molecule has 84 valence electrons. The van der Waals surface area contributed by atoms with Crippen molar-refractivity contribution < 1.29 is 9.53 Å². The molecular formula is C12H12BrNO2. The Bertz CT molecular complexity index is 449. The van der Waals surface area contributed by atoms with Crippen LogP contribution in [0, 0.1) is 18.3 Å². The standard InChI is InChI=1S/C12H12BrNO2/c1-3-16-12(15)11-8(2)4-9(7-14)5-10(11)6-13/h4-5H,3,6H2,1-2H3. The van der Waals surface area contributed by atoms with Crippen molar-refractivity contribution in [1.29, 1.82) is 5.26 Å². The highest BCUT2D eigenvalue weighted by atomic mass is 79.9. The Kier molecular flexibility index (Phi) is 4.51. The van der Waals surface area contributed by atoms with Gasteiger partial charge in [-0.05, 0) is 37.1 Å². The third-order valence-corrected chi connectivity index (χ3v) is 2.77. The Balaban J connectivity index is 3.28. The number of carbonyl (C=O) groups is 1. The summed E-state index contributed by atoms with van der Waals surface area (Å²) < 4.78 is 4.98. The van der Waals surface area contributed by atoms with Gasteiger partial charge in [-0.15, -0.1) is 0 Å². The number of hydrogen-bond donors (Lipinski definition) is 0. The second-order valence-corrected chi connectivity index (χ2v) is 3.85. The summed E-state index contributed by atoms with van der Waals surface area (Å²) in [7, 11) is 0. The first-order chi connectivity index (χ1) is 7.63. The van der Waals surface area contributed by atoms with Crippen LogP contribution in [0.2, 0.25) is 0 Å². The average Bonchev–Trinajstić information content (AvgIpc) is 2.27. The average molecular weight is 282 g/mol. The minimum absolute atomic E-state index is 0.334. The molecule has 0 aromatic heterocycles. The number of ether oxygens (including phenoxy) is 1. The first-order valence-corrected chi connectivity index (χ1v) is 6.02. The molecule has 0 unspecified atom stereocenters. The van der Waals surface area contributed by atoms with Crippen LogP contribution in [0.25, 0.3) is 0 Å². The van der Waals surface area contributed by atoms with Gasteiger partial charge in [0.2, 0.25) is 0 Å². The number of hydrogen-bond acceptors (Lipinski definition) is 3. The van der Waals surface area contributed by atoms with E-state index < -0.39 is 0 Å². The molecule has 0 spiro atoms. The summed E-state index contributed by atoms with van der Waals surface area (Å²) >= 11 is 3.31. The van der Waals surface area contributed by atoms with Gasteiger partial charge in [-0.2, -0.15) is 5.26 Å². The van der Waals surface area contributed by atoms with Crippen LogP contribution < -0.4 is 0 Å². The minimum Gasteiger partial charge on any atom is -0.462 e. The number of alkyl halides is 1. The summed E-state index contributed by atoms with van der Waals surface area (Å²) in [6, 6.07) is 5.46. The SMILES string of the molecule is CCOC(=O)c1c(C)cc(C#N)cc1CBr. The quantitative estimate of drug-likeness (QED) is 0.632. The van der Waals surface area contributed by atoms with Crippen molar-refractivity contribution in [2.75, 3.05) is 6.61 Å². The third kappa shape index (κ3) is 2.61. The van der Waals surface area contributed by atoms with E-state index in [1.807, 2.05) is 0 Å². The van der Waals surface area contributed by atoms with E-state index in [1.165, 1.54) is 0 Å². The fourth-order valence-electron chi connectivity index (χ4n) is 1.53. The molecule has 0 atom stereocenters. The number of aryl methyl sites for hydroxylation is 1. The summed E-state index contributed by atoms with van der Waals surface area (Å²) in [6.07, 6.45) is 0. The number of halogens is 1. The van der Waals surface area contributed by atoms with E-state index in [-0.39, 0.29) is 5.97 Å². The summed E-state index contributed by atoms with van der Waals surface area (Å²) in [5.41, 5.74) is 2.67. The Labute approximate surface area is 103 Å². The van der Waals surface area contributed by atoms with Crippen molar-refractivity contribution in [3.8, 4) is 6.07 Å². The van der Waals surface area contributed by atoms with E-state index in [9.17, 15) is 4.79 Å². The Morgan fingerprint density at radius 3 is 2.75 bits per heavy atom. The maximum Gasteiger partial charge on any atom is 0.338 e. The van der Waals surface area contributed by atoms with Gasteiger partial charge in [-0.25, -0.2) is 4.79 Å². The Morgan fingerprint density at radius 2 is 2.25 bits per heavy atom. The van der Waals surface area contributed by atoms with Crippen LogP contribution in [0.15, 0.2) is 12.1 Å². The van der Waals surface area contributed by atoms with Crippen LogP contribution in [0.5, 0.6) is 0 Å². The van der Waals surface area contributed by atoms with Crippen molar-refractivity contribution in [3.05, 3.63) is 34.4 Å². The zero-order valence-electron chi connectivity index (χ0n) is 9.21. The smallest absolute Gasteiger partial charge is 0.338 e. The monoisotopic (exact) mass is 281 g/mol. The summed E-state index contributed by atoms with van der Waals surface area (Å²) in [5.74, 6) is -0.334. The molecule has 0 amide bonds. The van der Waals surface area contributed by atoms with Crippen LogP contribution >= 0.6 is 15.9 Å². The van der Waals surface area contributed by atoms with Crippen molar-refractivity contribution in [2.45, 2.75) is 19.2 Å².